The number of amides is 1. The van der Waals surface area contributed by atoms with E-state index in [9.17, 15) is 14.7 Å². The van der Waals surface area contributed by atoms with Crippen LogP contribution in [0.15, 0.2) is 9.85 Å². The van der Waals surface area contributed by atoms with Gasteiger partial charge in [0.2, 0.25) is 0 Å². The number of hydrogen-bond acceptors (Lipinski definition) is 3. The molecule has 2 bridgehead atoms. The summed E-state index contributed by atoms with van der Waals surface area (Å²) in [6.45, 7) is 1.94. The minimum absolute atomic E-state index is 0.146. The van der Waals surface area contributed by atoms with Crippen LogP contribution in [0, 0.1) is 24.7 Å². The van der Waals surface area contributed by atoms with Crippen molar-refractivity contribution in [1.82, 2.24) is 5.32 Å². The second-order valence-electron chi connectivity index (χ2n) is 5.76. The number of fused-ring (bicyclic) bond motifs is 2. The fourth-order valence-corrected chi connectivity index (χ4v) is 5.09. The third-order valence-electron chi connectivity index (χ3n) is 4.58. The molecule has 0 saturated heterocycles. The lowest BCUT2D eigenvalue weighted by Crippen LogP contribution is -2.46. The van der Waals surface area contributed by atoms with Crippen molar-refractivity contribution in [1.29, 1.82) is 0 Å². The molecule has 1 aromatic heterocycles. The molecular formula is C14H16BrNO3S. The molecular weight excluding hydrogens is 342 g/mol. The minimum atomic E-state index is -0.772. The highest BCUT2D eigenvalue weighted by Crippen LogP contribution is 2.48. The van der Waals surface area contributed by atoms with Gasteiger partial charge in [0.15, 0.2) is 0 Å². The topological polar surface area (TPSA) is 66.4 Å². The van der Waals surface area contributed by atoms with Crippen molar-refractivity contribution in [2.45, 2.75) is 32.2 Å². The quantitative estimate of drug-likeness (QED) is 0.873. The predicted octanol–water partition coefficient (Wildman–Crippen LogP) is 3.05. The minimum Gasteiger partial charge on any atom is -0.481 e. The zero-order valence-electron chi connectivity index (χ0n) is 11.1. The number of hydrogen-bond donors (Lipinski definition) is 2. The zero-order chi connectivity index (χ0) is 14.4. The van der Waals surface area contributed by atoms with Gasteiger partial charge >= 0.3 is 5.97 Å². The lowest BCUT2D eigenvalue weighted by molar-refractivity contribution is -0.144. The van der Waals surface area contributed by atoms with E-state index < -0.39 is 11.9 Å². The van der Waals surface area contributed by atoms with Crippen LogP contribution in [0.25, 0.3) is 0 Å². The van der Waals surface area contributed by atoms with Crippen LogP contribution in [0.1, 0.15) is 34.5 Å². The summed E-state index contributed by atoms with van der Waals surface area (Å²) in [7, 11) is 0. The Hall–Kier alpha value is -0.880. The zero-order valence-corrected chi connectivity index (χ0v) is 13.5. The van der Waals surface area contributed by atoms with Crippen LogP contribution in [-0.2, 0) is 4.79 Å². The van der Waals surface area contributed by atoms with Gasteiger partial charge in [0, 0.05) is 6.04 Å². The second-order valence-corrected chi connectivity index (χ2v) is 8.13. The molecule has 3 rings (SSSR count). The van der Waals surface area contributed by atoms with Crippen LogP contribution >= 0.6 is 27.3 Å². The van der Waals surface area contributed by atoms with Gasteiger partial charge in [0.05, 0.1) is 14.6 Å². The summed E-state index contributed by atoms with van der Waals surface area (Å²) in [5.41, 5.74) is 1.03. The van der Waals surface area contributed by atoms with Gasteiger partial charge in [-0.3, -0.25) is 9.59 Å². The van der Waals surface area contributed by atoms with Crippen LogP contribution in [0.2, 0.25) is 0 Å². The number of aryl methyl sites for hydroxylation is 1. The fourth-order valence-electron chi connectivity index (χ4n) is 3.65. The summed E-state index contributed by atoms with van der Waals surface area (Å²) in [5.74, 6) is -0.769. The van der Waals surface area contributed by atoms with E-state index in [1.807, 2.05) is 13.0 Å². The Morgan fingerprint density at radius 1 is 1.40 bits per heavy atom. The van der Waals surface area contributed by atoms with Gasteiger partial charge in [-0.2, -0.15) is 0 Å². The molecule has 2 aliphatic rings. The first kappa shape index (κ1) is 14.1. The maximum atomic E-state index is 12.3. The lowest BCUT2D eigenvalue weighted by atomic mass is 9.84. The summed E-state index contributed by atoms with van der Waals surface area (Å²) in [5, 5.41) is 12.3. The van der Waals surface area contributed by atoms with E-state index in [0.29, 0.717) is 10.8 Å². The first-order chi connectivity index (χ1) is 9.47. The third kappa shape index (κ3) is 2.29. The molecule has 2 aliphatic carbocycles. The third-order valence-corrected chi connectivity index (χ3v) is 6.72. The van der Waals surface area contributed by atoms with Gasteiger partial charge in [-0.25, -0.2) is 0 Å². The van der Waals surface area contributed by atoms with Crippen molar-refractivity contribution in [3.05, 3.63) is 20.3 Å². The molecule has 20 heavy (non-hydrogen) atoms. The summed E-state index contributed by atoms with van der Waals surface area (Å²) in [4.78, 5) is 24.4. The predicted molar refractivity (Wildman–Crippen MR) is 80.0 cm³/mol. The number of thiophene rings is 1. The van der Waals surface area contributed by atoms with Crippen LogP contribution in [0.3, 0.4) is 0 Å². The van der Waals surface area contributed by atoms with Gasteiger partial charge in [0.1, 0.15) is 0 Å². The van der Waals surface area contributed by atoms with Crippen LogP contribution in [-0.4, -0.2) is 23.0 Å². The Morgan fingerprint density at radius 3 is 2.70 bits per heavy atom. The molecule has 4 unspecified atom stereocenters. The largest absolute Gasteiger partial charge is 0.481 e. The summed E-state index contributed by atoms with van der Waals surface area (Å²) >= 11 is 4.80. The normalized spacial score (nSPS) is 31.5. The lowest BCUT2D eigenvalue weighted by Gasteiger charge is -2.28. The monoisotopic (exact) mass is 357 g/mol. The molecule has 0 aromatic carbocycles. The van der Waals surface area contributed by atoms with E-state index in [1.165, 1.54) is 11.3 Å². The van der Waals surface area contributed by atoms with Crippen LogP contribution in [0.5, 0.6) is 0 Å². The molecule has 0 aliphatic heterocycles. The smallest absolute Gasteiger partial charge is 0.308 e. The maximum Gasteiger partial charge on any atom is 0.308 e. The van der Waals surface area contributed by atoms with Crippen LogP contribution < -0.4 is 5.32 Å². The molecule has 4 atom stereocenters. The summed E-state index contributed by atoms with van der Waals surface area (Å²) in [6, 6.07) is 1.63. The Labute approximate surface area is 129 Å². The Balaban J connectivity index is 1.76. The molecule has 1 amide bonds. The first-order valence-corrected chi connectivity index (χ1v) is 8.38. The van der Waals surface area contributed by atoms with E-state index in [2.05, 4.69) is 21.2 Å². The first-order valence-electron chi connectivity index (χ1n) is 6.77. The maximum absolute atomic E-state index is 12.3. The van der Waals surface area contributed by atoms with Gasteiger partial charge in [-0.15, -0.1) is 11.3 Å². The van der Waals surface area contributed by atoms with Crippen molar-refractivity contribution in [3.8, 4) is 0 Å². The molecule has 2 saturated carbocycles. The fraction of sp³-hybridized carbons (Fsp3) is 0.571. The number of aliphatic carboxylic acids is 1. The molecule has 6 heteroatoms. The number of carbonyl (C=O) groups is 2. The summed E-state index contributed by atoms with van der Waals surface area (Å²) < 4.78 is 0.949. The van der Waals surface area contributed by atoms with Gasteiger partial charge in [0.25, 0.3) is 5.91 Å². The molecule has 0 radical (unpaired) electrons. The average molecular weight is 358 g/mol. The number of halogens is 1. The molecule has 1 aromatic rings. The van der Waals surface area contributed by atoms with E-state index in [4.69, 9.17) is 0 Å². The molecule has 4 nitrogen and oxygen atoms in total. The van der Waals surface area contributed by atoms with E-state index in [0.717, 1.165) is 28.6 Å². The summed E-state index contributed by atoms with van der Waals surface area (Å²) in [6.07, 6.45) is 2.96. The van der Waals surface area contributed by atoms with E-state index in [-0.39, 0.29) is 17.9 Å². The SMILES string of the molecule is Cc1cc(C(=O)NC2C3CCC(C3)C2C(=O)O)sc1Br. The van der Waals surface area contributed by atoms with Gasteiger partial charge < -0.3 is 10.4 Å². The number of nitrogens with one attached hydrogen (secondary N) is 1. The Kier molecular flexibility index (Phi) is 3.62. The van der Waals surface area contributed by atoms with Crippen molar-refractivity contribution >= 4 is 39.1 Å². The van der Waals surface area contributed by atoms with Gasteiger partial charge in [-0.05, 0) is 65.6 Å². The number of carboxylic acids is 1. The number of rotatable bonds is 3. The molecule has 2 fully saturated rings. The van der Waals surface area contributed by atoms with Crippen molar-refractivity contribution in [2.24, 2.45) is 17.8 Å². The number of carboxylic acid groups (broad SMARTS) is 1. The highest BCUT2D eigenvalue weighted by atomic mass is 79.9. The van der Waals surface area contributed by atoms with E-state index in [1.54, 1.807) is 0 Å². The molecule has 2 N–H and O–H groups in total. The Bertz CT molecular complexity index is 551. The molecule has 0 spiro atoms. The molecule has 1 heterocycles. The van der Waals surface area contributed by atoms with E-state index >= 15 is 0 Å². The Morgan fingerprint density at radius 2 is 2.10 bits per heavy atom. The van der Waals surface area contributed by atoms with Gasteiger partial charge in [-0.1, -0.05) is 0 Å². The standard InChI is InChI=1S/C14H16BrNO3S/c1-6-4-9(20-12(6)15)13(17)16-11-8-3-2-7(5-8)10(11)14(18)19/h4,7-8,10-11H,2-3,5H2,1H3,(H,16,17)(H,18,19). The highest BCUT2D eigenvalue weighted by Gasteiger charge is 2.51. The average Bonchev–Trinajstić information content (AvgIpc) is 3.05. The van der Waals surface area contributed by atoms with Crippen molar-refractivity contribution < 1.29 is 14.7 Å². The second kappa shape index (κ2) is 5.15. The number of carbonyl (C=O) groups excluding carboxylic acids is 1. The van der Waals surface area contributed by atoms with Crippen molar-refractivity contribution in [3.63, 3.8) is 0 Å². The van der Waals surface area contributed by atoms with Crippen LogP contribution in [0.4, 0.5) is 0 Å². The highest BCUT2D eigenvalue weighted by molar-refractivity contribution is 9.11. The molecule has 108 valence electrons. The van der Waals surface area contributed by atoms with Crippen molar-refractivity contribution in [2.75, 3.05) is 0 Å².